The van der Waals surface area contributed by atoms with E-state index in [1.807, 2.05) is 18.2 Å². The lowest BCUT2D eigenvalue weighted by Gasteiger charge is -2.11. The van der Waals surface area contributed by atoms with Crippen molar-refractivity contribution in [2.75, 3.05) is 17.7 Å². The zero-order valence-electron chi connectivity index (χ0n) is 12.1. The molecule has 1 aromatic heterocycles. The Labute approximate surface area is 119 Å². The summed E-state index contributed by atoms with van der Waals surface area (Å²) in [7, 11) is -2.92. The van der Waals surface area contributed by atoms with E-state index in [9.17, 15) is 8.42 Å². The van der Waals surface area contributed by atoms with E-state index in [2.05, 4.69) is 23.4 Å². The highest BCUT2D eigenvalue weighted by Crippen LogP contribution is 2.24. The molecule has 0 amide bonds. The Morgan fingerprint density at radius 1 is 1.35 bits per heavy atom. The molecule has 0 fully saturated rings. The third-order valence-electron chi connectivity index (χ3n) is 3.22. The number of hydrogen-bond donors (Lipinski definition) is 1. The minimum absolute atomic E-state index is 0.194. The van der Waals surface area contributed by atoms with Gasteiger partial charge in [0.2, 0.25) is 0 Å². The molecule has 0 aliphatic heterocycles. The van der Waals surface area contributed by atoms with Crippen molar-refractivity contribution in [2.45, 2.75) is 32.7 Å². The van der Waals surface area contributed by atoms with Gasteiger partial charge in [0, 0.05) is 24.4 Å². The first-order valence-electron chi connectivity index (χ1n) is 6.71. The first kappa shape index (κ1) is 14.8. The van der Waals surface area contributed by atoms with E-state index in [0.717, 1.165) is 16.9 Å². The van der Waals surface area contributed by atoms with Crippen LogP contribution in [0.3, 0.4) is 0 Å². The maximum atomic E-state index is 11.2. The Balaban J connectivity index is 2.36. The van der Waals surface area contributed by atoms with Crippen LogP contribution in [0.15, 0.2) is 18.2 Å². The van der Waals surface area contributed by atoms with Gasteiger partial charge in [-0.15, -0.1) is 0 Å². The normalized spacial score (nSPS) is 12.4. The van der Waals surface area contributed by atoms with Crippen LogP contribution in [0.1, 0.15) is 32.0 Å². The number of fused-ring (bicyclic) bond motifs is 1. The lowest BCUT2D eigenvalue weighted by molar-refractivity contribution is 0.586. The average Bonchev–Trinajstić information content (AvgIpc) is 2.66. The van der Waals surface area contributed by atoms with Gasteiger partial charge in [-0.1, -0.05) is 13.8 Å². The van der Waals surface area contributed by atoms with Gasteiger partial charge in [0.15, 0.2) is 0 Å². The second-order valence-electron chi connectivity index (χ2n) is 5.51. The number of aromatic nitrogens is 2. The Morgan fingerprint density at radius 3 is 2.65 bits per heavy atom. The Bertz CT molecular complexity index is 717. The van der Waals surface area contributed by atoms with Crippen LogP contribution in [0.5, 0.6) is 0 Å². The molecule has 0 unspecified atom stereocenters. The van der Waals surface area contributed by atoms with Crippen molar-refractivity contribution in [2.24, 2.45) is 0 Å². The minimum atomic E-state index is -2.92. The number of benzene rings is 1. The summed E-state index contributed by atoms with van der Waals surface area (Å²) in [4.78, 5) is 4.62. The number of anilines is 1. The van der Waals surface area contributed by atoms with Crippen molar-refractivity contribution in [1.82, 2.24) is 9.55 Å². The van der Waals surface area contributed by atoms with E-state index in [4.69, 9.17) is 5.73 Å². The predicted octanol–water partition coefficient (Wildman–Crippen LogP) is 2.18. The molecule has 0 aliphatic rings. The van der Waals surface area contributed by atoms with E-state index in [0.29, 0.717) is 18.7 Å². The molecule has 0 saturated heterocycles. The van der Waals surface area contributed by atoms with Gasteiger partial charge >= 0.3 is 0 Å². The van der Waals surface area contributed by atoms with Crippen molar-refractivity contribution < 1.29 is 8.42 Å². The van der Waals surface area contributed by atoms with Gasteiger partial charge in [0.05, 0.1) is 16.8 Å². The summed E-state index contributed by atoms with van der Waals surface area (Å²) in [5.74, 6) is 1.44. The van der Waals surface area contributed by atoms with Crippen molar-refractivity contribution in [1.29, 1.82) is 0 Å². The molecule has 0 radical (unpaired) electrons. The van der Waals surface area contributed by atoms with Gasteiger partial charge in [-0.25, -0.2) is 13.4 Å². The summed E-state index contributed by atoms with van der Waals surface area (Å²) in [6, 6.07) is 5.65. The van der Waals surface area contributed by atoms with Crippen LogP contribution in [0, 0.1) is 0 Å². The molecule has 0 atom stereocenters. The Kier molecular flexibility index (Phi) is 4.04. The average molecular weight is 295 g/mol. The quantitative estimate of drug-likeness (QED) is 0.858. The van der Waals surface area contributed by atoms with Crippen molar-refractivity contribution in [3.05, 3.63) is 24.0 Å². The van der Waals surface area contributed by atoms with Crippen LogP contribution in [-0.4, -0.2) is 30.0 Å². The second kappa shape index (κ2) is 5.44. The highest BCUT2D eigenvalue weighted by molar-refractivity contribution is 7.90. The monoisotopic (exact) mass is 295 g/mol. The fraction of sp³-hybridized carbons (Fsp3) is 0.500. The number of nitrogen functional groups attached to an aromatic ring is 1. The molecule has 0 saturated carbocycles. The van der Waals surface area contributed by atoms with Gasteiger partial charge in [0.25, 0.3) is 0 Å². The maximum Gasteiger partial charge on any atom is 0.147 e. The SMILES string of the molecule is CC(C)c1nc2cc(N)ccc2n1CCCS(C)(=O)=O. The largest absolute Gasteiger partial charge is 0.399 e. The summed E-state index contributed by atoms with van der Waals surface area (Å²) >= 11 is 0. The van der Waals surface area contributed by atoms with Crippen LogP contribution in [0.25, 0.3) is 11.0 Å². The fourth-order valence-corrected chi connectivity index (χ4v) is 2.98. The first-order chi connectivity index (χ1) is 9.28. The van der Waals surface area contributed by atoms with E-state index in [1.165, 1.54) is 6.26 Å². The van der Waals surface area contributed by atoms with Crippen LogP contribution < -0.4 is 5.73 Å². The van der Waals surface area contributed by atoms with E-state index < -0.39 is 9.84 Å². The molecule has 110 valence electrons. The summed E-state index contributed by atoms with van der Waals surface area (Å²) in [6.07, 6.45) is 1.86. The number of imidazole rings is 1. The van der Waals surface area contributed by atoms with E-state index in [1.54, 1.807) is 0 Å². The van der Waals surface area contributed by atoms with Crippen LogP contribution >= 0.6 is 0 Å². The molecule has 5 nitrogen and oxygen atoms in total. The smallest absolute Gasteiger partial charge is 0.147 e. The van der Waals surface area contributed by atoms with Gasteiger partial charge < -0.3 is 10.3 Å². The lowest BCUT2D eigenvalue weighted by atomic mass is 10.2. The molecule has 2 rings (SSSR count). The molecule has 0 spiro atoms. The topological polar surface area (TPSA) is 78.0 Å². The van der Waals surface area contributed by atoms with Gasteiger partial charge in [-0.05, 0) is 24.6 Å². The third kappa shape index (κ3) is 3.30. The predicted molar refractivity (Wildman–Crippen MR) is 82.6 cm³/mol. The van der Waals surface area contributed by atoms with Crippen molar-refractivity contribution in [3.8, 4) is 0 Å². The van der Waals surface area contributed by atoms with Crippen LogP contribution in [-0.2, 0) is 16.4 Å². The fourth-order valence-electron chi connectivity index (χ4n) is 2.33. The van der Waals surface area contributed by atoms with E-state index >= 15 is 0 Å². The third-order valence-corrected chi connectivity index (χ3v) is 4.25. The Morgan fingerprint density at radius 2 is 2.05 bits per heavy atom. The summed E-state index contributed by atoms with van der Waals surface area (Å²) in [5.41, 5.74) is 8.36. The van der Waals surface area contributed by atoms with Crippen LogP contribution in [0.4, 0.5) is 5.69 Å². The molecule has 20 heavy (non-hydrogen) atoms. The molecule has 0 aliphatic carbocycles. The van der Waals surface area contributed by atoms with Crippen molar-refractivity contribution in [3.63, 3.8) is 0 Å². The highest BCUT2D eigenvalue weighted by atomic mass is 32.2. The molecule has 2 N–H and O–H groups in total. The van der Waals surface area contributed by atoms with Gasteiger partial charge in [0.1, 0.15) is 15.7 Å². The minimum Gasteiger partial charge on any atom is -0.399 e. The van der Waals surface area contributed by atoms with E-state index in [-0.39, 0.29) is 11.7 Å². The molecule has 1 heterocycles. The summed E-state index contributed by atoms with van der Waals surface area (Å²) < 4.78 is 24.6. The second-order valence-corrected chi connectivity index (χ2v) is 7.77. The zero-order chi connectivity index (χ0) is 14.9. The standard InChI is InChI=1S/C14H21N3O2S/c1-10(2)14-16-12-9-11(15)5-6-13(12)17(14)7-4-8-20(3,18)19/h5-6,9-10H,4,7-8,15H2,1-3H3. The van der Waals surface area contributed by atoms with Gasteiger partial charge in [-0.2, -0.15) is 0 Å². The highest BCUT2D eigenvalue weighted by Gasteiger charge is 2.14. The van der Waals surface area contributed by atoms with Crippen molar-refractivity contribution >= 4 is 26.6 Å². The number of sulfone groups is 1. The molecule has 0 bridgehead atoms. The number of nitrogens with zero attached hydrogens (tertiary/aromatic N) is 2. The molecule has 1 aromatic carbocycles. The zero-order valence-corrected chi connectivity index (χ0v) is 12.9. The Hall–Kier alpha value is -1.56. The number of hydrogen-bond acceptors (Lipinski definition) is 4. The lowest BCUT2D eigenvalue weighted by Crippen LogP contribution is -2.10. The molecule has 2 aromatic rings. The first-order valence-corrected chi connectivity index (χ1v) is 8.77. The number of aryl methyl sites for hydroxylation is 1. The maximum absolute atomic E-state index is 11.2. The number of rotatable bonds is 5. The molecule has 6 heteroatoms. The molecular weight excluding hydrogens is 274 g/mol. The number of nitrogens with two attached hydrogens (primary N) is 1. The summed E-state index contributed by atoms with van der Waals surface area (Å²) in [5, 5.41) is 0. The van der Waals surface area contributed by atoms with Crippen LogP contribution in [0.2, 0.25) is 0 Å². The molecular formula is C14H21N3O2S. The summed E-state index contributed by atoms with van der Waals surface area (Å²) in [6.45, 7) is 4.82. The van der Waals surface area contributed by atoms with Gasteiger partial charge in [-0.3, -0.25) is 0 Å².